The van der Waals surface area contributed by atoms with Crippen molar-refractivity contribution in [1.82, 2.24) is 5.32 Å². The molecule has 2 unspecified atom stereocenters. The number of hydrogen-bond acceptors (Lipinski definition) is 5. The molecule has 6 heteroatoms. The Morgan fingerprint density at radius 2 is 1.63 bits per heavy atom. The topological polar surface area (TPSA) is 66.0 Å². The Kier molecular flexibility index (Phi) is 8.37. The first kappa shape index (κ1) is 26.0. The monoisotopic (exact) mass is 515 g/mol. The number of carbonyl (C=O) groups excluding carboxylic acids is 1. The molecular weight excluding hydrogens is 478 g/mol. The van der Waals surface area contributed by atoms with Gasteiger partial charge < -0.3 is 24.3 Å². The second-order valence-corrected chi connectivity index (χ2v) is 10.3. The minimum atomic E-state index is -0.112. The van der Waals surface area contributed by atoms with Crippen LogP contribution in [0.15, 0.2) is 66.7 Å². The number of benzene rings is 3. The lowest BCUT2D eigenvalue weighted by molar-refractivity contribution is 0.0916. The van der Waals surface area contributed by atoms with Crippen LogP contribution in [-0.4, -0.2) is 32.8 Å². The fourth-order valence-electron chi connectivity index (χ4n) is 5.20. The molecule has 2 saturated carbocycles. The number of nitrogens with one attached hydrogen (secondary N) is 1. The quantitative estimate of drug-likeness (QED) is 0.315. The number of methoxy groups -OCH3 is 2. The van der Waals surface area contributed by atoms with Gasteiger partial charge in [0.05, 0.1) is 26.4 Å². The molecular formula is C32H37NO5. The van der Waals surface area contributed by atoms with E-state index in [2.05, 4.69) is 11.4 Å². The van der Waals surface area contributed by atoms with E-state index in [0.717, 1.165) is 49.2 Å². The number of amides is 1. The molecule has 3 aromatic carbocycles. The molecule has 2 fully saturated rings. The molecule has 0 radical (unpaired) electrons. The first-order chi connectivity index (χ1) is 18.6. The van der Waals surface area contributed by atoms with Crippen molar-refractivity contribution in [3.05, 3.63) is 83.4 Å². The van der Waals surface area contributed by atoms with Crippen LogP contribution < -0.4 is 24.3 Å². The van der Waals surface area contributed by atoms with Crippen molar-refractivity contribution in [2.75, 3.05) is 20.8 Å². The summed E-state index contributed by atoms with van der Waals surface area (Å²) in [6, 6.07) is 21.5. The SMILES string of the molecule is COc1ccc(C2CCCCC2NC(=O)c2ccccc2OCc2cccc(OCC3CC3)c2)cc1OC. The largest absolute Gasteiger partial charge is 0.493 e. The summed E-state index contributed by atoms with van der Waals surface area (Å²) in [5.41, 5.74) is 2.71. The molecule has 3 aromatic rings. The predicted octanol–water partition coefficient (Wildman–Crippen LogP) is 6.53. The van der Waals surface area contributed by atoms with E-state index in [1.807, 2.05) is 60.7 Å². The van der Waals surface area contributed by atoms with E-state index in [-0.39, 0.29) is 17.9 Å². The summed E-state index contributed by atoms with van der Waals surface area (Å²) in [5.74, 6) is 3.66. The third-order valence-corrected chi connectivity index (χ3v) is 7.53. The van der Waals surface area contributed by atoms with Gasteiger partial charge >= 0.3 is 0 Å². The second-order valence-electron chi connectivity index (χ2n) is 10.3. The van der Waals surface area contributed by atoms with E-state index in [1.54, 1.807) is 14.2 Å². The normalized spacial score (nSPS) is 18.9. The zero-order valence-electron chi connectivity index (χ0n) is 22.3. The van der Waals surface area contributed by atoms with Gasteiger partial charge in [0.2, 0.25) is 0 Å². The van der Waals surface area contributed by atoms with E-state index in [9.17, 15) is 4.79 Å². The lowest BCUT2D eigenvalue weighted by atomic mass is 9.79. The van der Waals surface area contributed by atoms with Crippen LogP contribution in [0.3, 0.4) is 0 Å². The van der Waals surface area contributed by atoms with Gasteiger partial charge in [0.1, 0.15) is 18.1 Å². The molecule has 0 saturated heterocycles. The van der Waals surface area contributed by atoms with Crippen molar-refractivity contribution >= 4 is 5.91 Å². The number of carbonyl (C=O) groups is 1. The van der Waals surface area contributed by atoms with Gasteiger partial charge in [-0.25, -0.2) is 0 Å². The van der Waals surface area contributed by atoms with Crippen LogP contribution in [0.4, 0.5) is 0 Å². The standard InChI is InChI=1S/C32H37NO5/c1-35-30-17-16-24(19-31(30)36-2)26-10-3-5-12-28(26)33-32(34)27-11-4-6-13-29(27)38-21-23-8-7-9-25(18-23)37-20-22-14-15-22/h4,6-9,11,13,16-19,22,26,28H,3,5,10,12,14-15,20-21H2,1-2H3,(H,33,34). The Labute approximate surface area is 225 Å². The molecule has 2 atom stereocenters. The minimum Gasteiger partial charge on any atom is -0.493 e. The van der Waals surface area contributed by atoms with Crippen molar-refractivity contribution < 1.29 is 23.7 Å². The number of rotatable bonds is 11. The molecule has 200 valence electrons. The maximum Gasteiger partial charge on any atom is 0.255 e. The van der Waals surface area contributed by atoms with Gasteiger partial charge in [0.15, 0.2) is 11.5 Å². The predicted molar refractivity (Wildman–Crippen MR) is 147 cm³/mol. The molecule has 1 amide bonds. The van der Waals surface area contributed by atoms with Crippen molar-refractivity contribution in [2.45, 2.75) is 57.1 Å². The van der Waals surface area contributed by atoms with E-state index >= 15 is 0 Å². The van der Waals surface area contributed by atoms with Gasteiger partial charge in [0, 0.05) is 12.0 Å². The molecule has 0 spiro atoms. The summed E-state index contributed by atoms with van der Waals surface area (Å²) in [5, 5.41) is 3.32. The van der Waals surface area contributed by atoms with E-state index in [1.165, 1.54) is 12.8 Å². The summed E-state index contributed by atoms with van der Waals surface area (Å²) in [4.78, 5) is 13.5. The number of ether oxygens (including phenoxy) is 4. The molecule has 6 nitrogen and oxygen atoms in total. The molecule has 0 heterocycles. The smallest absolute Gasteiger partial charge is 0.255 e. The van der Waals surface area contributed by atoms with Crippen molar-refractivity contribution in [1.29, 1.82) is 0 Å². The maximum atomic E-state index is 13.5. The van der Waals surface area contributed by atoms with E-state index in [4.69, 9.17) is 18.9 Å². The van der Waals surface area contributed by atoms with Gasteiger partial charge in [-0.05, 0) is 79.1 Å². The Bertz CT molecular complexity index is 1240. The van der Waals surface area contributed by atoms with Crippen molar-refractivity contribution in [3.63, 3.8) is 0 Å². The number of para-hydroxylation sites is 1. The minimum absolute atomic E-state index is 0.0303. The van der Waals surface area contributed by atoms with Gasteiger partial charge in [-0.15, -0.1) is 0 Å². The Hall–Kier alpha value is -3.67. The molecule has 38 heavy (non-hydrogen) atoms. The summed E-state index contributed by atoms with van der Waals surface area (Å²) >= 11 is 0. The molecule has 2 aliphatic rings. The van der Waals surface area contributed by atoms with E-state index < -0.39 is 0 Å². The van der Waals surface area contributed by atoms with E-state index in [0.29, 0.717) is 35.3 Å². The average molecular weight is 516 g/mol. The molecule has 0 aliphatic heterocycles. The van der Waals surface area contributed by atoms with Gasteiger partial charge in [-0.3, -0.25) is 4.79 Å². The highest BCUT2D eigenvalue weighted by molar-refractivity contribution is 5.97. The van der Waals surface area contributed by atoms with Gasteiger partial charge in [-0.2, -0.15) is 0 Å². The highest BCUT2D eigenvalue weighted by atomic mass is 16.5. The third-order valence-electron chi connectivity index (χ3n) is 7.53. The number of hydrogen-bond donors (Lipinski definition) is 1. The third kappa shape index (κ3) is 6.42. The van der Waals surface area contributed by atoms with Crippen LogP contribution in [0.5, 0.6) is 23.0 Å². The first-order valence-corrected chi connectivity index (χ1v) is 13.6. The maximum absolute atomic E-state index is 13.5. The zero-order valence-corrected chi connectivity index (χ0v) is 22.3. The van der Waals surface area contributed by atoms with Crippen LogP contribution in [0, 0.1) is 5.92 Å². The summed E-state index contributed by atoms with van der Waals surface area (Å²) in [6.07, 6.45) is 6.69. The van der Waals surface area contributed by atoms with Crippen LogP contribution in [0.1, 0.15) is 65.9 Å². The summed E-state index contributed by atoms with van der Waals surface area (Å²) < 4.78 is 23.0. The lowest BCUT2D eigenvalue weighted by Gasteiger charge is -2.33. The van der Waals surface area contributed by atoms with Crippen LogP contribution in [-0.2, 0) is 6.61 Å². The lowest BCUT2D eigenvalue weighted by Crippen LogP contribution is -2.41. The van der Waals surface area contributed by atoms with Gasteiger partial charge in [0.25, 0.3) is 5.91 Å². The molecule has 5 rings (SSSR count). The first-order valence-electron chi connectivity index (χ1n) is 13.6. The fraction of sp³-hybridized carbons (Fsp3) is 0.406. The van der Waals surface area contributed by atoms with Crippen LogP contribution >= 0.6 is 0 Å². The Morgan fingerprint density at radius 1 is 0.816 bits per heavy atom. The molecule has 2 aliphatic carbocycles. The molecule has 1 N–H and O–H groups in total. The highest BCUT2D eigenvalue weighted by Crippen LogP contribution is 2.38. The highest BCUT2D eigenvalue weighted by Gasteiger charge is 2.29. The Morgan fingerprint density at radius 3 is 2.45 bits per heavy atom. The van der Waals surface area contributed by atoms with Crippen molar-refractivity contribution in [2.24, 2.45) is 5.92 Å². The van der Waals surface area contributed by atoms with Crippen LogP contribution in [0.2, 0.25) is 0 Å². The van der Waals surface area contributed by atoms with Gasteiger partial charge in [-0.1, -0.05) is 43.2 Å². The Balaban J connectivity index is 1.26. The van der Waals surface area contributed by atoms with Crippen molar-refractivity contribution in [3.8, 4) is 23.0 Å². The van der Waals surface area contributed by atoms with Crippen LogP contribution in [0.25, 0.3) is 0 Å². The molecule has 0 aromatic heterocycles. The molecule has 0 bridgehead atoms. The fourth-order valence-corrected chi connectivity index (χ4v) is 5.20. The average Bonchev–Trinajstić information content (AvgIpc) is 3.80. The summed E-state index contributed by atoms with van der Waals surface area (Å²) in [6.45, 7) is 1.14. The zero-order chi connectivity index (χ0) is 26.3. The second kappa shape index (κ2) is 12.2. The summed E-state index contributed by atoms with van der Waals surface area (Å²) in [7, 11) is 3.29.